The summed E-state index contributed by atoms with van der Waals surface area (Å²) in [7, 11) is 0. The Balaban J connectivity index is 2.91. The molecule has 0 bridgehead atoms. The number of anilines is 1. The molecule has 3 N–H and O–H groups in total. The van der Waals surface area contributed by atoms with Gasteiger partial charge in [-0.2, -0.15) is 0 Å². The van der Waals surface area contributed by atoms with Crippen LogP contribution in [-0.2, 0) is 4.79 Å². The van der Waals surface area contributed by atoms with Crippen molar-refractivity contribution in [3.63, 3.8) is 0 Å². The molecular formula is C12H16N2O2. The molecule has 16 heavy (non-hydrogen) atoms. The molecule has 0 heterocycles. The zero-order valence-electron chi connectivity index (χ0n) is 9.49. The quantitative estimate of drug-likeness (QED) is 0.594. The van der Waals surface area contributed by atoms with Gasteiger partial charge in [-0.25, -0.2) is 0 Å². The first kappa shape index (κ1) is 12.2. The van der Waals surface area contributed by atoms with Crippen molar-refractivity contribution in [1.82, 2.24) is 5.32 Å². The lowest BCUT2D eigenvalue weighted by Crippen LogP contribution is -2.39. The lowest BCUT2D eigenvalue weighted by Gasteiger charge is -2.15. The number of ketones is 1. The van der Waals surface area contributed by atoms with Crippen LogP contribution in [0.1, 0.15) is 30.6 Å². The number of Topliss-reactive ketones (excluding diaryl/α,β-unsaturated/α-hetero) is 1. The summed E-state index contributed by atoms with van der Waals surface area (Å²) in [6.07, 6.45) is 0.548. The fourth-order valence-electron chi connectivity index (χ4n) is 1.51. The Morgan fingerprint density at radius 3 is 2.50 bits per heavy atom. The Kier molecular flexibility index (Phi) is 4.05. The van der Waals surface area contributed by atoms with Crippen LogP contribution in [0.3, 0.4) is 0 Å². The average molecular weight is 220 g/mol. The highest BCUT2D eigenvalue weighted by molar-refractivity contribution is 6.05. The van der Waals surface area contributed by atoms with Crippen LogP contribution < -0.4 is 11.1 Å². The molecule has 0 fully saturated rings. The minimum Gasteiger partial charge on any atom is -0.398 e. The molecule has 0 radical (unpaired) electrons. The van der Waals surface area contributed by atoms with Crippen molar-refractivity contribution in [2.24, 2.45) is 0 Å². The van der Waals surface area contributed by atoms with E-state index in [0.29, 0.717) is 17.7 Å². The van der Waals surface area contributed by atoms with Crippen LogP contribution in [0.5, 0.6) is 0 Å². The van der Waals surface area contributed by atoms with E-state index in [9.17, 15) is 9.59 Å². The van der Waals surface area contributed by atoms with Crippen LogP contribution in [-0.4, -0.2) is 17.7 Å². The summed E-state index contributed by atoms with van der Waals surface area (Å²) in [5.74, 6) is -0.356. The van der Waals surface area contributed by atoms with Crippen molar-refractivity contribution in [2.75, 3.05) is 5.73 Å². The van der Waals surface area contributed by atoms with Crippen LogP contribution in [0, 0.1) is 0 Å². The van der Waals surface area contributed by atoms with Crippen LogP contribution in [0.2, 0.25) is 0 Å². The number of nitrogens with one attached hydrogen (secondary N) is 1. The van der Waals surface area contributed by atoms with E-state index in [4.69, 9.17) is 5.73 Å². The number of hydrogen-bond acceptors (Lipinski definition) is 3. The van der Waals surface area contributed by atoms with E-state index in [0.717, 1.165) is 0 Å². The maximum Gasteiger partial charge on any atom is 0.217 e. The largest absolute Gasteiger partial charge is 0.398 e. The summed E-state index contributed by atoms with van der Waals surface area (Å²) in [5.41, 5.74) is 6.61. The SMILES string of the molecule is CCC(NC(C)=O)C(=O)c1ccccc1N. The summed E-state index contributed by atoms with van der Waals surface area (Å²) in [6, 6.07) is 6.37. The van der Waals surface area contributed by atoms with E-state index in [2.05, 4.69) is 5.32 Å². The Hall–Kier alpha value is -1.84. The molecular weight excluding hydrogens is 204 g/mol. The van der Waals surface area contributed by atoms with E-state index >= 15 is 0 Å². The zero-order chi connectivity index (χ0) is 12.1. The van der Waals surface area contributed by atoms with Crippen LogP contribution >= 0.6 is 0 Å². The molecule has 0 saturated carbocycles. The summed E-state index contributed by atoms with van der Waals surface area (Å²) in [5, 5.41) is 2.61. The summed E-state index contributed by atoms with van der Waals surface area (Å²) in [4.78, 5) is 23.0. The van der Waals surface area contributed by atoms with Crippen molar-refractivity contribution in [3.05, 3.63) is 29.8 Å². The topological polar surface area (TPSA) is 72.2 Å². The minimum absolute atomic E-state index is 0.143. The maximum atomic E-state index is 12.0. The van der Waals surface area contributed by atoms with Crippen molar-refractivity contribution < 1.29 is 9.59 Å². The highest BCUT2D eigenvalue weighted by atomic mass is 16.2. The van der Waals surface area contributed by atoms with E-state index in [1.807, 2.05) is 6.92 Å². The molecule has 0 aliphatic heterocycles. The van der Waals surface area contributed by atoms with Gasteiger partial charge in [0.15, 0.2) is 5.78 Å². The van der Waals surface area contributed by atoms with Crippen LogP contribution in [0.4, 0.5) is 5.69 Å². The average Bonchev–Trinajstić information content (AvgIpc) is 2.25. The highest BCUT2D eigenvalue weighted by Gasteiger charge is 2.20. The second kappa shape index (κ2) is 5.30. The molecule has 1 aromatic carbocycles. The van der Waals surface area contributed by atoms with Gasteiger partial charge in [0.2, 0.25) is 5.91 Å². The van der Waals surface area contributed by atoms with Gasteiger partial charge < -0.3 is 11.1 Å². The molecule has 0 aliphatic carbocycles. The highest BCUT2D eigenvalue weighted by Crippen LogP contribution is 2.14. The molecule has 1 atom stereocenters. The number of nitrogens with two attached hydrogens (primary N) is 1. The fourth-order valence-corrected chi connectivity index (χ4v) is 1.51. The normalized spacial score (nSPS) is 11.9. The van der Waals surface area contributed by atoms with E-state index in [-0.39, 0.29) is 11.7 Å². The first-order valence-corrected chi connectivity index (χ1v) is 5.22. The number of carbonyl (C=O) groups is 2. The van der Waals surface area contributed by atoms with Crippen molar-refractivity contribution in [2.45, 2.75) is 26.3 Å². The van der Waals surface area contributed by atoms with E-state index < -0.39 is 6.04 Å². The fraction of sp³-hybridized carbons (Fsp3) is 0.333. The van der Waals surface area contributed by atoms with Gasteiger partial charge in [-0.05, 0) is 18.6 Å². The Morgan fingerprint density at radius 1 is 1.38 bits per heavy atom. The molecule has 1 unspecified atom stereocenters. The second-order valence-electron chi connectivity index (χ2n) is 3.61. The molecule has 0 aromatic heterocycles. The summed E-state index contributed by atoms with van der Waals surface area (Å²) < 4.78 is 0. The summed E-state index contributed by atoms with van der Waals surface area (Å²) in [6.45, 7) is 3.24. The van der Waals surface area contributed by atoms with Gasteiger partial charge >= 0.3 is 0 Å². The van der Waals surface area contributed by atoms with Crippen LogP contribution in [0.25, 0.3) is 0 Å². The molecule has 0 aliphatic rings. The Labute approximate surface area is 94.8 Å². The summed E-state index contributed by atoms with van der Waals surface area (Å²) >= 11 is 0. The predicted molar refractivity (Wildman–Crippen MR) is 63.1 cm³/mol. The van der Waals surface area contributed by atoms with E-state index in [1.54, 1.807) is 24.3 Å². The third-order valence-corrected chi connectivity index (χ3v) is 2.33. The standard InChI is InChI=1S/C12H16N2O2/c1-3-11(14-8(2)15)12(16)9-6-4-5-7-10(9)13/h4-7,11H,3,13H2,1-2H3,(H,14,15). The minimum atomic E-state index is -0.498. The Bertz CT molecular complexity index is 402. The smallest absolute Gasteiger partial charge is 0.217 e. The van der Waals surface area contributed by atoms with Gasteiger partial charge in [-0.3, -0.25) is 9.59 Å². The number of para-hydroxylation sites is 1. The molecule has 0 spiro atoms. The predicted octanol–water partition coefficient (Wildman–Crippen LogP) is 1.37. The van der Waals surface area contributed by atoms with Gasteiger partial charge in [-0.1, -0.05) is 19.1 Å². The number of amides is 1. The van der Waals surface area contributed by atoms with Gasteiger partial charge in [0, 0.05) is 18.2 Å². The molecule has 0 saturated heterocycles. The van der Waals surface area contributed by atoms with Crippen molar-refractivity contribution in [1.29, 1.82) is 0 Å². The molecule has 4 heteroatoms. The third kappa shape index (κ3) is 2.82. The molecule has 1 rings (SSSR count). The van der Waals surface area contributed by atoms with Gasteiger partial charge in [0.05, 0.1) is 6.04 Å². The van der Waals surface area contributed by atoms with Crippen molar-refractivity contribution in [3.8, 4) is 0 Å². The van der Waals surface area contributed by atoms with Gasteiger partial charge in [0.1, 0.15) is 0 Å². The third-order valence-electron chi connectivity index (χ3n) is 2.33. The molecule has 1 amide bonds. The molecule has 4 nitrogen and oxygen atoms in total. The van der Waals surface area contributed by atoms with Crippen molar-refractivity contribution >= 4 is 17.4 Å². The lowest BCUT2D eigenvalue weighted by molar-refractivity contribution is -0.119. The van der Waals surface area contributed by atoms with Gasteiger partial charge in [-0.15, -0.1) is 0 Å². The monoisotopic (exact) mass is 220 g/mol. The Morgan fingerprint density at radius 2 is 2.00 bits per heavy atom. The number of carbonyl (C=O) groups excluding carboxylic acids is 2. The first-order valence-electron chi connectivity index (χ1n) is 5.22. The number of nitrogen functional groups attached to an aromatic ring is 1. The number of hydrogen-bond donors (Lipinski definition) is 2. The molecule has 86 valence electrons. The second-order valence-corrected chi connectivity index (χ2v) is 3.61. The zero-order valence-corrected chi connectivity index (χ0v) is 9.49. The maximum absolute atomic E-state index is 12.0. The lowest BCUT2D eigenvalue weighted by atomic mass is 10.0. The first-order chi connectivity index (χ1) is 7.56. The van der Waals surface area contributed by atoms with E-state index in [1.165, 1.54) is 6.92 Å². The molecule has 1 aromatic rings. The van der Waals surface area contributed by atoms with Crippen LogP contribution in [0.15, 0.2) is 24.3 Å². The number of rotatable bonds is 4. The van der Waals surface area contributed by atoms with Gasteiger partial charge in [0.25, 0.3) is 0 Å². The number of benzene rings is 1.